The topological polar surface area (TPSA) is 267 Å². The van der Waals surface area contributed by atoms with Crippen molar-refractivity contribution in [1.82, 2.24) is 0 Å². The molecule has 240 valence electrons. The van der Waals surface area contributed by atoms with E-state index in [1.54, 1.807) is 12.1 Å². The summed E-state index contributed by atoms with van der Waals surface area (Å²) in [6, 6.07) is 20.3. The number of nitrogens with one attached hydrogen (secondary N) is 1. The number of fused-ring (bicyclic) bond motifs is 1. The monoisotopic (exact) mass is 676 g/mol. The van der Waals surface area contributed by atoms with Crippen LogP contribution in [0.25, 0.3) is 10.8 Å². The summed E-state index contributed by atoms with van der Waals surface area (Å²) >= 11 is 0. The van der Waals surface area contributed by atoms with Crippen molar-refractivity contribution in [2.75, 3.05) is 16.8 Å². The van der Waals surface area contributed by atoms with Crippen molar-refractivity contribution in [3.8, 4) is 5.75 Å². The van der Waals surface area contributed by atoms with Crippen molar-refractivity contribution < 1.29 is 40.9 Å². The second-order valence-electron chi connectivity index (χ2n) is 9.94. The second kappa shape index (κ2) is 12.5. The number of hydrogen-bond acceptors (Lipinski definition) is 11. The van der Waals surface area contributed by atoms with Crippen molar-refractivity contribution in [1.29, 1.82) is 0 Å². The van der Waals surface area contributed by atoms with Crippen LogP contribution >= 0.6 is 0 Å². The lowest BCUT2D eigenvalue weighted by molar-refractivity contribution is 0.102. The van der Waals surface area contributed by atoms with E-state index < -0.39 is 53.1 Å². The fourth-order valence-corrected chi connectivity index (χ4v) is 5.65. The Labute approximate surface area is 267 Å². The van der Waals surface area contributed by atoms with Crippen LogP contribution in [0, 0.1) is 0 Å². The average Bonchev–Trinajstić information content (AvgIpc) is 3.00. The van der Waals surface area contributed by atoms with Crippen molar-refractivity contribution in [2.24, 2.45) is 15.2 Å². The van der Waals surface area contributed by atoms with Crippen LogP contribution in [0.3, 0.4) is 0 Å². The molecule has 0 unspecified atom stereocenters. The molecule has 0 saturated carbocycles. The maximum atomic E-state index is 12.6. The smallest absolute Gasteiger partial charge is 0.296 e. The standard InChI is InChI=1S/C30H24N6O9S2/c31-19-5-1-16(2-6-19)29(38)33-21-9-11-23-18(13-21)14-26(47(43,44)45)27(28(23)37)36-35-24-12-10-22(15-25(24)46(40,41)42)34-30(39)17-3-7-20(32)8-4-17/h1-15,37H,31-32H2,(H,33,38)(H,34,39)(H,40,41,42)(H,43,44,45). The van der Waals surface area contributed by atoms with Gasteiger partial charge in [-0.15, -0.1) is 10.2 Å². The normalized spacial score (nSPS) is 12.4. The van der Waals surface area contributed by atoms with Crippen molar-refractivity contribution >= 4 is 76.9 Å². The van der Waals surface area contributed by atoms with Gasteiger partial charge < -0.3 is 27.0 Å². The number of rotatable bonds is 8. The van der Waals surface area contributed by atoms with Gasteiger partial charge in [0.15, 0.2) is 5.75 Å². The predicted octanol–water partition coefficient (Wildman–Crippen LogP) is 5.51. The van der Waals surface area contributed by atoms with Crippen LogP contribution in [0.15, 0.2) is 116 Å². The molecule has 17 heteroatoms. The quantitative estimate of drug-likeness (QED) is 0.0354. The average molecular weight is 677 g/mol. The van der Waals surface area contributed by atoms with E-state index in [0.717, 1.165) is 18.2 Å². The summed E-state index contributed by atoms with van der Waals surface area (Å²) < 4.78 is 68.9. The Balaban J connectivity index is 1.53. The number of phenolic OH excluding ortho intramolecular Hbond substituents is 1. The van der Waals surface area contributed by atoms with E-state index >= 15 is 0 Å². The number of azo groups is 1. The third-order valence-corrected chi connectivity index (χ3v) is 8.39. The van der Waals surface area contributed by atoms with Gasteiger partial charge in [0.25, 0.3) is 26.1 Å². The molecule has 0 fully saturated rings. The Morgan fingerprint density at radius 1 is 0.702 bits per heavy atom. The number of phenols is 1. The first-order valence-corrected chi connectivity index (χ1v) is 16.1. The van der Waals surface area contributed by atoms with E-state index in [2.05, 4.69) is 20.5 Å². The minimum Gasteiger partial charge on any atom is -0.505 e. The number of aliphatic imine (C=N–C) groups is 1. The molecule has 0 aliphatic carbocycles. The first kappa shape index (κ1) is 32.5. The first-order valence-electron chi connectivity index (χ1n) is 13.2. The number of amides is 1. The van der Waals surface area contributed by atoms with Gasteiger partial charge in [0, 0.05) is 33.6 Å². The van der Waals surface area contributed by atoms with Gasteiger partial charge in [-0.05, 0) is 96.4 Å². The third-order valence-electron chi connectivity index (χ3n) is 6.64. The molecule has 0 aromatic heterocycles. The number of aromatic hydroxyl groups is 1. The molecule has 0 atom stereocenters. The highest BCUT2D eigenvalue weighted by Crippen LogP contribution is 2.43. The molecule has 1 amide bonds. The Bertz CT molecular complexity index is 2330. The minimum absolute atomic E-state index is 0.0352. The summed E-state index contributed by atoms with van der Waals surface area (Å²) in [4.78, 5) is 15.0. The van der Waals surface area contributed by atoms with Crippen LogP contribution in [-0.4, -0.2) is 48.0 Å². The first-order chi connectivity index (χ1) is 22.1. The fraction of sp³-hybridized carbons (Fsp3) is 0. The zero-order valence-corrected chi connectivity index (χ0v) is 25.4. The van der Waals surface area contributed by atoms with E-state index in [-0.39, 0.29) is 33.6 Å². The fourth-order valence-electron chi connectivity index (χ4n) is 4.34. The minimum atomic E-state index is -5.06. The van der Waals surface area contributed by atoms with Crippen molar-refractivity contribution in [3.05, 3.63) is 102 Å². The maximum Gasteiger partial charge on any atom is 0.296 e. The lowest BCUT2D eigenvalue weighted by atomic mass is 10.1. The van der Waals surface area contributed by atoms with E-state index in [4.69, 9.17) is 11.5 Å². The van der Waals surface area contributed by atoms with Crippen LogP contribution in [0.1, 0.15) is 15.9 Å². The molecule has 5 aromatic rings. The largest absolute Gasteiger partial charge is 0.505 e. The highest BCUT2D eigenvalue weighted by Gasteiger charge is 2.23. The van der Waals surface area contributed by atoms with Crippen molar-refractivity contribution in [3.63, 3.8) is 0 Å². The lowest BCUT2D eigenvalue weighted by Crippen LogP contribution is -2.12. The van der Waals surface area contributed by atoms with Crippen LogP contribution in [0.2, 0.25) is 0 Å². The van der Waals surface area contributed by atoms with Crippen LogP contribution in [-0.2, 0) is 20.2 Å². The van der Waals surface area contributed by atoms with Gasteiger partial charge >= 0.3 is 0 Å². The Morgan fingerprint density at radius 2 is 1.30 bits per heavy atom. The summed E-state index contributed by atoms with van der Waals surface area (Å²) in [5.41, 5.74) is 11.6. The molecule has 0 aliphatic rings. The molecule has 0 spiro atoms. The SMILES string of the molecule is Nc1ccc(C(=O)Nc2ccc(N=Nc3c(S(=O)(=O)O)cc4cc(N=C(O)c5ccc(N)cc5)ccc4c3O)c(S(=O)(=O)O)c2)cc1. The molecular weight excluding hydrogens is 652 g/mol. The number of nitrogen functional groups attached to an aromatic ring is 2. The zero-order chi connectivity index (χ0) is 34.1. The number of benzene rings is 5. The number of hydrogen-bond donors (Lipinski definition) is 7. The van der Waals surface area contributed by atoms with Crippen LogP contribution in [0.4, 0.5) is 34.1 Å². The molecule has 5 rings (SSSR count). The maximum absolute atomic E-state index is 12.6. The predicted molar refractivity (Wildman–Crippen MR) is 174 cm³/mol. The molecule has 0 aliphatic heterocycles. The molecular formula is C30H24N6O9S2. The number of nitrogens with zero attached hydrogens (tertiary/aromatic N) is 3. The number of aliphatic hydroxyl groups is 1. The van der Waals surface area contributed by atoms with Gasteiger partial charge in [-0.3, -0.25) is 13.9 Å². The van der Waals surface area contributed by atoms with E-state index in [1.807, 2.05) is 0 Å². The second-order valence-corrected chi connectivity index (χ2v) is 12.7. The lowest BCUT2D eigenvalue weighted by Gasteiger charge is -2.10. The van der Waals surface area contributed by atoms with E-state index in [0.29, 0.717) is 16.9 Å². The Hall–Kier alpha value is -5.88. The van der Waals surface area contributed by atoms with Gasteiger partial charge in [-0.1, -0.05) is 0 Å². The van der Waals surface area contributed by atoms with Gasteiger partial charge in [0.1, 0.15) is 21.2 Å². The van der Waals surface area contributed by atoms with Crippen molar-refractivity contribution in [2.45, 2.75) is 9.79 Å². The molecule has 15 nitrogen and oxygen atoms in total. The summed E-state index contributed by atoms with van der Waals surface area (Å²) in [5.74, 6) is -1.74. The van der Waals surface area contributed by atoms with E-state index in [9.17, 15) is 40.9 Å². The molecule has 47 heavy (non-hydrogen) atoms. The molecule has 0 bridgehead atoms. The number of anilines is 3. The molecule has 0 saturated heterocycles. The zero-order valence-electron chi connectivity index (χ0n) is 23.8. The number of nitrogens with two attached hydrogens (primary N) is 2. The molecule has 0 radical (unpaired) electrons. The number of carbonyl (C=O) groups is 1. The summed E-state index contributed by atoms with van der Waals surface area (Å²) in [6.07, 6.45) is 0. The molecule has 5 aromatic carbocycles. The van der Waals surface area contributed by atoms with E-state index in [1.165, 1.54) is 60.7 Å². The summed E-state index contributed by atoms with van der Waals surface area (Å²) in [5, 5.41) is 31.4. The van der Waals surface area contributed by atoms with Crippen LogP contribution in [0.5, 0.6) is 5.75 Å². The summed E-state index contributed by atoms with van der Waals surface area (Å²) in [6.45, 7) is 0. The summed E-state index contributed by atoms with van der Waals surface area (Å²) in [7, 11) is -10.0. The van der Waals surface area contributed by atoms with Gasteiger partial charge in [0.2, 0.25) is 5.90 Å². The van der Waals surface area contributed by atoms with Crippen LogP contribution < -0.4 is 16.8 Å². The molecule has 9 N–H and O–H groups in total. The Kier molecular flexibility index (Phi) is 8.64. The highest BCUT2D eigenvalue weighted by molar-refractivity contribution is 7.86. The molecule has 0 heterocycles. The third kappa shape index (κ3) is 7.34. The highest BCUT2D eigenvalue weighted by atomic mass is 32.2. The Morgan fingerprint density at radius 3 is 1.89 bits per heavy atom. The number of aliphatic hydroxyl groups excluding tert-OH is 1. The van der Waals surface area contributed by atoms with Gasteiger partial charge in [-0.25, -0.2) is 4.99 Å². The number of carbonyl (C=O) groups excluding carboxylic acids is 1. The van der Waals surface area contributed by atoms with Gasteiger partial charge in [0.05, 0.1) is 5.69 Å². The van der Waals surface area contributed by atoms with Gasteiger partial charge in [-0.2, -0.15) is 16.8 Å².